The number of benzene rings is 2. The van der Waals surface area contributed by atoms with Gasteiger partial charge in [-0.1, -0.05) is 174 Å². The monoisotopic (exact) mass is 871 g/mol. The molecule has 0 bridgehead atoms. The average molecular weight is 871 g/mol. The van der Waals surface area contributed by atoms with E-state index in [0.717, 1.165) is 86.2 Å². The quantitative estimate of drug-likeness (QED) is 0.0261. The van der Waals surface area contributed by atoms with E-state index < -0.39 is 17.1 Å². The van der Waals surface area contributed by atoms with Crippen molar-refractivity contribution >= 4 is 23.4 Å². The standard InChI is InChI=1S/C53H82N4O6/c1-7-11-15-19-23-26-30-42-32-34-43(35-33-42)50(58)44(31-27-22-18-14-10-4)40-54-46-38-48(62-36-28-24-20-16-12-8-2)49(63-37-29-25-21-17-13-9-3)39-47(46)55-41-45-51(59)56(5)53(61)57(6)52(45)60/h32-35,38-41,54,59H,7-31,36-37H2,1-6H3/b44-40+,55-41?. The molecular formula is C53H82N4O6. The molecule has 0 aliphatic heterocycles. The molecule has 350 valence electrons. The molecule has 0 atom stereocenters. The predicted molar refractivity (Wildman–Crippen MR) is 263 cm³/mol. The van der Waals surface area contributed by atoms with E-state index >= 15 is 0 Å². The third kappa shape index (κ3) is 19.0. The van der Waals surface area contributed by atoms with Gasteiger partial charge in [0, 0.05) is 49.8 Å². The van der Waals surface area contributed by atoms with E-state index in [1.807, 2.05) is 18.2 Å². The van der Waals surface area contributed by atoms with Gasteiger partial charge < -0.3 is 19.9 Å². The lowest BCUT2D eigenvalue weighted by Gasteiger charge is -2.17. The Bertz CT molecular complexity index is 1940. The molecule has 10 nitrogen and oxygen atoms in total. The predicted octanol–water partition coefficient (Wildman–Crippen LogP) is 13.5. The second kappa shape index (κ2) is 31.3. The lowest BCUT2D eigenvalue weighted by molar-refractivity contribution is 0.103. The molecule has 63 heavy (non-hydrogen) atoms. The Labute approximate surface area is 379 Å². The van der Waals surface area contributed by atoms with E-state index in [9.17, 15) is 19.5 Å². The van der Waals surface area contributed by atoms with Gasteiger partial charge in [-0.3, -0.25) is 23.7 Å². The summed E-state index contributed by atoms with van der Waals surface area (Å²) in [7, 11) is 2.77. The summed E-state index contributed by atoms with van der Waals surface area (Å²) in [6.45, 7) is 9.90. The van der Waals surface area contributed by atoms with Crippen LogP contribution in [0.5, 0.6) is 17.4 Å². The molecule has 0 aliphatic rings. The van der Waals surface area contributed by atoms with Crippen LogP contribution in [0.15, 0.2) is 62.8 Å². The highest BCUT2D eigenvalue weighted by Gasteiger charge is 2.18. The number of anilines is 1. The van der Waals surface area contributed by atoms with E-state index in [4.69, 9.17) is 14.5 Å². The number of hydrogen-bond donors (Lipinski definition) is 2. The van der Waals surface area contributed by atoms with Crippen LogP contribution in [0.25, 0.3) is 0 Å². The Morgan fingerprint density at radius 2 is 1.14 bits per heavy atom. The van der Waals surface area contributed by atoms with Crippen LogP contribution < -0.4 is 26.0 Å². The first-order valence-electron chi connectivity index (χ1n) is 24.7. The Morgan fingerprint density at radius 1 is 0.651 bits per heavy atom. The summed E-state index contributed by atoms with van der Waals surface area (Å²) < 4.78 is 14.8. The molecule has 0 unspecified atom stereocenters. The number of aromatic hydroxyl groups is 1. The Hall–Kier alpha value is -4.60. The number of allylic oxidation sites excluding steroid dienone is 1. The molecule has 0 aliphatic carbocycles. The number of aliphatic imine (C=N–C) groups is 1. The molecule has 3 aromatic rings. The fourth-order valence-corrected chi connectivity index (χ4v) is 7.69. The van der Waals surface area contributed by atoms with Crippen LogP contribution in [0.3, 0.4) is 0 Å². The first kappa shape index (κ1) is 52.7. The number of aryl methyl sites for hydroxylation is 1. The number of ketones is 1. The molecule has 10 heteroatoms. The van der Waals surface area contributed by atoms with E-state index in [0.29, 0.717) is 53.6 Å². The molecule has 0 fully saturated rings. The number of rotatable bonds is 35. The molecule has 1 heterocycles. The maximum absolute atomic E-state index is 14.3. The second-order valence-electron chi connectivity index (χ2n) is 17.3. The van der Waals surface area contributed by atoms with Crippen LogP contribution in [0.2, 0.25) is 0 Å². The van der Waals surface area contributed by atoms with Crippen molar-refractivity contribution in [3.05, 3.63) is 85.7 Å². The number of carbonyl (C=O) groups is 1. The summed E-state index contributed by atoms with van der Waals surface area (Å²) in [4.78, 5) is 44.7. The summed E-state index contributed by atoms with van der Waals surface area (Å²) in [6.07, 6.45) is 31.1. The van der Waals surface area contributed by atoms with Crippen molar-refractivity contribution < 1.29 is 19.4 Å². The number of hydrogen-bond acceptors (Lipinski definition) is 8. The van der Waals surface area contributed by atoms with E-state index in [1.165, 1.54) is 103 Å². The van der Waals surface area contributed by atoms with Crippen LogP contribution in [-0.4, -0.2) is 39.5 Å². The van der Waals surface area contributed by atoms with Crippen LogP contribution in [0, 0.1) is 0 Å². The maximum Gasteiger partial charge on any atom is 0.333 e. The molecule has 0 spiro atoms. The Balaban J connectivity index is 2.04. The van der Waals surface area contributed by atoms with Gasteiger partial charge in [0.1, 0.15) is 5.56 Å². The van der Waals surface area contributed by atoms with Crippen molar-refractivity contribution in [2.45, 2.75) is 188 Å². The topological polar surface area (TPSA) is 124 Å². The van der Waals surface area contributed by atoms with Crippen molar-refractivity contribution in [1.29, 1.82) is 0 Å². The van der Waals surface area contributed by atoms with E-state index in [2.05, 4.69) is 45.1 Å². The molecule has 1 aromatic heterocycles. The molecule has 0 saturated heterocycles. The van der Waals surface area contributed by atoms with Crippen molar-refractivity contribution in [3.8, 4) is 17.4 Å². The number of nitrogens with one attached hydrogen (secondary N) is 1. The minimum atomic E-state index is -0.666. The van der Waals surface area contributed by atoms with E-state index in [1.54, 1.807) is 12.3 Å². The molecule has 2 aromatic carbocycles. The second-order valence-corrected chi connectivity index (χ2v) is 17.3. The van der Waals surface area contributed by atoms with Gasteiger partial charge in [-0.05, 0) is 44.1 Å². The Morgan fingerprint density at radius 3 is 1.70 bits per heavy atom. The molecule has 0 radical (unpaired) electrons. The first-order chi connectivity index (χ1) is 30.7. The number of aromatic nitrogens is 2. The van der Waals surface area contributed by atoms with Gasteiger partial charge in [0.15, 0.2) is 17.3 Å². The molecule has 0 amide bonds. The number of ether oxygens (including phenoxy) is 2. The summed E-state index contributed by atoms with van der Waals surface area (Å²) >= 11 is 0. The number of unbranched alkanes of at least 4 members (excludes halogenated alkanes) is 19. The van der Waals surface area contributed by atoms with Crippen molar-refractivity contribution in [3.63, 3.8) is 0 Å². The largest absolute Gasteiger partial charge is 0.494 e. The van der Waals surface area contributed by atoms with Gasteiger partial charge in [-0.2, -0.15) is 0 Å². The van der Waals surface area contributed by atoms with Gasteiger partial charge in [0.25, 0.3) is 5.56 Å². The molecule has 2 N–H and O–H groups in total. The number of Topliss-reactive ketones (excluding diaryl/α,β-unsaturated/α-hetero) is 1. The summed E-state index contributed by atoms with van der Waals surface area (Å²) in [5.41, 5.74) is 2.10. The highest BCUT2D eigenvalue weighted by Crippen LogP contribution is 2.39. The van der Waals surface area contributed by atoms with Gasteiger partial charge in [0.2, 0.25) is 5.88 Å². The summed E-state index contributed by atoms with van der Waals surface area (Å²) in [5, 5.41) is 14.3. The van der Waals surface area contributed by atoms with Crippen molar-refractivity contribution in [2.75, 3.05) is 18.5 Å². The van der Waals surface area contributed by atoms with Crippen LogP contribution in [-0.2, 0) is 20.5 Å². The highest BCUT2D eigenvalue weighted by molar-refractivity contribution is 6.09. The third-order valence-electron chi connectivity index (χ3n) is 11.9. The molecular weight excluding hydrogens is 789 g/mol. The van der Waals surface area contributed by atoms with Crippen molar-refractivity contribution in [2.24, 2.45) is 19.1 Å². The zero-order valence-corrected chi connectivity index (χ0v) is 40.0. The minimum Gasteiger partial charge on any atom is -0.494 e. The van der Waals surface area contributed by atoms with Gasteiger partial charge in [-0.15, -0.1) is 0 Å². The van der Waals surface area contributed by atoms with Crippen LogP contribution in [0.1, 0.15) is 203 Å². The fraction of sp³-hybridized carbons (Fsp3) is 0.623. The minimum absolute atomic E-state index is 0.0220. The summed E-state index contributed by atoms with van der Waals surface area (Å²) in [6, 6.07) is 11.7. The number of carbonyl (C=O) groups excluding carboxylic acids is 1. The lowest BCUT2D eigenvalue weighted by atomic mass is 9.96. The lowest BCUT2D eigenvalue weighted by Crippen LogP contribution is -2.38. The fourth-order valence-electron chi connectivity index (χ4n) is 7.69. The maximum atomic E-state index is 14.3. The SMILES string of the molecule is CCCCCCCCOc1cc(N=Cc2c(O)n(C)c(=O)n(C)c2=O)c(N/C=C(\CCCCCCC)C(=O)c2ccc(CCCCCCCC)cc2)cc1OCCCCCCCC. The van der Waals surface area contributed by atoms with E-state index in [-0.39, 0.29) is 11.3 Å². The zero-order chi connectivity index (χ0) is 45.7. The van der Waals surface area contributed by atoms with Crippen LogP contribution >= 0.6 is 0 Å². The third-order valence-corrected chi connectivity index (χ3v) is 11.9. The highest BCUT2D eigenvalue weighted by atomic mass is 16.5. The normalized spacial score (nSPS) is 11.7. The number of nitrogens with zero attached hydrogens (tertiary/aromatic N) is 3. The van der Waals surface area contributed by atoms with Crippen molar-refractivity contribution in [1.82, 2.24) is 9.13 Å². The smallest absolute Gasteiger partial charge is 0.333 e. The molecule has 0 saturated carbocycles. The summed E-state index contributed by atoms with van der Waals surface area (Å²) in [5.74, 6) is 0.598. The Kier molecular flexibility index (Phi) is 26.2. The first-order valence-corrected chi connectivity index (χ1v) is 24.7. The average Bonchev–Trinajstić information content (AvgIpc) is 3.29. The molecule has 3 rings (SSSR count). The van der Waals surface area contributed by atoms with Gasteiger partial charge >= 0.3 is 5.69 Å². The van der Waals surface area contributed by atoms with Gasteiger partial charge in [0.05, 0.1) is 24.6 Å². The van der Waals surface area contributed by atoms with Gasteiger partial charge in [-0.25, -0.2) is 4.79 Å². The van der Waals surface area contributed by atoms with Crippen LogP contribution in [0.4, 0.5) is 11.4 Å². The zero-order valence-electron chi connectivity index (χ0n) is 40.0.